The molecule has 1 heterocycles. The Bertz CT molecular complexity index is 788. The maximum Gasteiger partial charge on any atom is 0.257 e. The lowest BCUT2D eigenvalue weighted by Crippen LogP contribution is -2.10. The lowest BCUT2D eigenvalue weighted by molar-refractivity contribution is -0.123. The predicted octanol–water partition coefficient (Wildman–Crippen LogP) is 2.62. The molecule has 1 aromatic carbocycles. The molecule has 4 nitrogen and oxygen atoms in total. The smallest absolute Gasteiger partial charge is 0.257 e. The maximum atomic E-state index is 11.0. The quantitative estimate of drug-likeness (QED) is 0.724. The van der Waals surface area contributed by atoms with Crippen LogP contribution in [-0.4, -0.2) is 18.1 Å². The van der Waals surface area contributed by atoms with Gasteiger partial charge < -0.3 is 15.2 Å². The molecule has 1 aliphatic heterocycles. The van der Waals surface area contributed by atoms with Gasteiger partial charge in [0.15, 0.2) is 6.10 Å². The summed E-state index contributed by atoms with van der Waals surface area (Å²) in [4.78, 5) is 11.0. The van der Waals surface area contributed by atoms with Crippen LogP contribution in [0, 0.1) is 10.4 Å². The van der Waals surface area contributed by atoms with E-state index >= 15 is 0 Å². The van der Waals surface area contributed by atoms with Crippen molar-refractivity contribution in [3.8, 4) is 5.75 Å². The topological polar surface area (TPSA) is 58.6 Å². The number of fused-ring (bicyclic) bond motifs is 1. The largest absolute Gasteiger partial charge is 0.496 e. The zero-order chi connectivity index (χ0) is 14.3. The number of methoxy groups -OCH3 is 1. The van der Waals surface area contributed by atoms with Gasteiger partial charge in [-0.25, -0.2) is 0 Å². The first kappa shape index (κ1) is 13.0. The predicted molar refractivity (Wildman–Crippen MR) is 75.7 cm³/mol. The molecule has 1 aromatic rings. The molecule has 4 rings (SSSR count). The highest BCUT2D eigenvalue weighted by Crippen LogP contribution is 2.35. The standard InChI is InChI=1S/C8H6ClNO2.C7H6O/c9-5-3-1-2-4-6(5)10-8(12)7(4)11;1-8-7-4-5-2-3-6(5)7/h1-3,7,11H,(H,10,12);2-4H,1H3. The number of carbonyl (C=O) groups excluding carboxylic acids is 1. The molecule has 2 N–H and O–H groups in total. The summed E-state index contributed by atoms with van der Waals surface area (Å²) in [7, 11) is 1.70. The van der Waals surface area contributed by atoms with Crippen molar-refractivity contribution in [2.45, 2.75) is 6.10 Å². The van der Waals surface area contributed by atoms with E-state index in [9.17, 15) is 9.90 Å². The molecule has 102 valence electrons. The number of anilines is 1. The van der Waals surface area contributed by atoms with E-state index in [-0.39, 0.29) is 0 Å². The minimum absolute atomic E-state index is 0.418. The first-order valence-electron chi connectivity index (χ1n) is 6.07. The van der Waals surface area contributed by atoms with Crippen LogP contribution in [-0.2, 0) is 4.79 Å². The number of halogens is 1. The molecule has 2 aliphatic carbocycles. The summed E-state index contributed by atoms with van der Waals surface area (Å²) < 4.78 is 4.97. The number of carbonyl (C=O) groups is 1. The summed E-state index contributed by atoms with van der Waals surface area (Å²) >= 11 is 5.77. The van der Waals surface area contributed by atoms with Gasteiger partial charge in [0, 0.05) is 10.8 Å². The summed E-state index contributed by atoms with van der Waals surface area (Å²) in [6, 6.07) is 11.2. The van der Waals surface area contributed by atoms with Crippen molar-refractivity contribution in [1.29, 1.82) is 0 Å². The van der Waals surface area contributed by atoms with Crippen LogP contribution in [0.5, 0.6) is 5.75 Å². The Morgan fingerprint density at radius 3 is 2.55 bits per heavy atom. The monoisotopic (exact) mass is 289 g/mol. The lowest BCUT2D eigenvalue weighted by Gasteiger charge is -2.08. The highest BCUT2D eigenvalue weighted by molar-refractivity contribution is 6.34. The van der Waals surface area contributed by atoms with Crippen LogP contribution >= 0.6 is 11.6 Å². The molecule has 0 aromatic heterocycles. The molecule has 0 radical (unpaired) electrons. The molecule has 0 fully saturated rings. The Morgan fingerprint density at radius 2 is 2.10 bits per heavy atom. The van der Waals surface area contributed by atoms with Gasteiger partial charge in [-0.3, -0.25) is 4.79 Å². The molecule has 0 bridgehead atoms. The van der Waals surface area contributed by atoms with E-state index in [2.05, 4.69) is 17.4 Å². The number of rotatable bonds is 1. The fourth-order valence-corrected chi connectivity index (χ4v) is 2.39. The highest BCUT2D eigenvalue weighted by Gasteiger charge is 2.29. The number of ether oxygens (including phenoxy) is 1. The first-order valence-corrected chi connectivity index (χ1v) is 6.45. The van der Waals surface area contributed by atoms with E-state index < -0.39 is 12.0 Å². The third kappa shape index (κ3) is 1.94. The van der Waals surface area contributed by atoms with E-state index in [1.54, 1.807) is 25.3 Å². The Balaban J connectivity index is 0.000000131. The molecule has 20 heavy (non-hydrogen) atoms. The van der Waals surface area contributed by atoms with Crippen molar-refractivity contribution in [3.05, 3.63) is 57.4 Å². The minimum Gasteiger partial charge on any atom is -0.496 e. The van der Waals surface area contributed by atoms with Gasteiger partial charge in [-0.05, 0) is 17.4 Å². The highest BCUT2D eigenvalue weighted by atomic mass is 35.5. The second-order valence-electron chi connectivity index (χ2n) is 4.51. The SMILES string of the molecule is COc1cc2ccc1=2.O=C1Nc2c(Cl)cccc2C1O. The van der Waals surface area contributed by atoms with Crippen LogP contribution in [0.2, 0.25) is 5.02 Å². The van der Waals surface area contributed by atoms with Crippen LogP contribution in [0.15, 0.2) is 36.4 Å². The molecule has 0 spiro atoms. The Labute approximate surface area is 120 Å². The van der Waals surface area contributed by atoms with Gasteiger partial charge in [-0.2, -0.15) is 0 Å². The van der Waals surface area contributed by atoms with E-state index in [4.69, 9.17) is 16.3 Å². The molecular weight excluding hydrogens is 278 g/mol. The summed E-state index contributed by atoms with van der Waals surface area (Å²) in [6.07, 6.45) is -1.07. The van der Waals surface area contributed by atoms with E-state index in [1.807, 2.05) is 6.07 Å². The average molecular weight is 290 g/mol. The Kier molecular flexibility index (Phi) is 3.12. The molecule has 1 amide bonds. The van der Waals surface area contributed by atoms with Crippen LogP contribution < -0.4 is 10.1 Å². The van der Waals surface area contributed by atoms with Crippen molar-refractivity contribution in [3.63, 3.8) is 0 Å². The molecule has 1 unspecified atom stereocenters. The van der Waals surface area contributed by atoms with Crippen LogP contribution in [0.25, 0.3) is 0 Å². The third-order valence-electron chi connectivity index (χ3n) is 3.35. The maximum absolute atomic E-state index is 11.0. The van der Waals surface area contributed by atoms with E-state index in [0.29, 0.717) is 16.3 Å². The fraction of sp³-hybridized carbons (Fsp3) is 0.133. The number of hydrogen-bond donors (Lipinski definition) is 2. The van der Waals surface area contributed by atoms with Gasteiger partial charge in [0.1, 0.15) is 5.75 Å². The Morgan fingerprint density at radius 1 is 1.30 bits per heavy atom. The average Bonchev–Trinajstić information content (AvgIpc) is 2.72. The van der Waals surface area contributed by atoms with Crippen LogP contribution in [0.4, 0.5) is 5.69 Å². The van der Waals surface area contributed by atoms with Crippen LogP contribution in [0.1, 0.15) is 11.7 Å². The molecule has 0 saturated carbocycles. The van der Waals surface area contributed by atoms with Gasteiger partial charge in [-0.15, -0.1) is 0 Å². The van der Waals surface area contributed by atoms with Gasteiger partial charge in [0.2, 0.25) is 0 Å². The number of nitrogens with one attached hydrogen (secondary N) is 1. The second kappa shape index (κ2) is 4.81. The minimum atomic E-state index is -1.07. The third-order valence-corrected chi connectivity index (χ3v) is 3.66. The zero-order valence-corrected chi connectivity index (χ0v) is 11.4. The van der Waals surface area contributed by atoms with E-state index in [0.717, 1.165) is 5.75 Å². The molecule has 1 atom stereocenters. The first-order chi connectivity index (χ1) is 9.61. The van der Waals surface area contributed by atoms with Crippen molar-refractivity contribution in [1.82, 2.24) is 0 Å². The summed E-state index contributed by atoms with van der Waals surface area (Å²) in [6.45, 7) is 0. The number of amides is 1. The molecule has 0 saturated heterocycles. The lowest BCUT2D eigenvalue weighted by atomic mass is 10.1. The van der Waals surface area contributed by atoms with Crippen molar-refractivity contribution < 1.29 is 14.6 Å². The van der Waals surface area contributed by atoms with Gasteiger partial charge in [-0.1, -0.05) is 35.9 Å². The number of aliphatic hydroxyl groups is 1. The number of hydrogen-bond acceptors (Lipinski definition) is 3. The van der Waals surface area contributed by atoms with Gasteiger partial charge >= 0.3 is 0 Å². The summed E-state index contributed by atoms with van der Waals surface area (Å²) in [5.41, 5.74) is 1.07. The number of para-hydroxylation sites is 1. The van der Waals surface area contributed by atoms with Crippen molar-refractivity contribution in [2.75, 3.05) is 12.4 Å². The molecular formula is C15H12ClNO3. The zero-order valence-electron chi connectivity index (χ0n) is 10.7. The second-order valence-corrected chi connectivity index (χ2v) is 4.92. The van der Waals surface area contributed by atoms with Crippen molar-refractivity contribution in [2.24, 2.45) is 0 Å². The Hall–Kier alpha value is -2.04. The molecule has 3 aliphatic rings. The summed E-state index contributed by atoms with van der Waals surface area (Å²) in [5, 5.41) is 14.9. The normalized spacial score (nSPS) is 16.8. The fourth-order valence-electron chi connectivity index (χ4n) is 2.16. The van der Waals surface area contributed by atoms with Crippen molar-refractivity contribution >= 4 is 23.2 Å². The summed E-state index contributed by atoms with van der Waals surface area (Å²) in [5.74, 6) is 0.612. The number of benzene rings is 2. The number of aliphatic hydroxyl groups excluding tert-OH is 1. The van der Waals surface area contributed by atoms with E-state index in [1.165, 1.54) is 10.4 Å². The molecule has 5 heteroatoms. The van der Waals surface area contributed by atoms with Gasteiger partial charge in [0.05, 0.1) is 17.8 Å². The van der Waals surface area contributed by atoms with Gasteiger partial charge in [0.25, 0.3) is 5.91 Å². The van der Waals surface area contributed by atoms with Crippen LogP contribution in [0.3, 0.4) is 0 Å².